The van der Waals surface area contributed by atoms with Crippen molar-refractivity contribution in [3.05, 3.63) is 59.7 Å². The number of carbonyl (C=O) groups excluding carboxylic acids is 1. The highest BCUT2D eigenvalue weighted by atomic mass is 32.2. The minimum absolute atomic E-state index is 0.0786. The van der Waals surface area contributed by atoms with Crippen molar-refractivity contribution < 1.29 is 13.2 Å². The number of amides is 1. The second-order valence-corrected chi connectivity index (χ2v) is 10.5. The highest BCUT2D eigenvalue weighted by Gasteiger charge is 2.23. The molecule has 0 aromatic heterocycles. The van der Waals surface area contributed by atoms with Gasteiger partial charge in [-0.3, -0.25) is 9.52 Å². The molecule has 1 aliphatic heterocycles. The van der Waals surface area contributed by atoms with E-state index in [1.807, 2.05) is 12.1 Å². The number of aryl methyl sites for hydroxylation is 1. The van der Waals surface area contributed by atoms with Crippen LogP contribution >= 0.6 is 0 Å². The third-order valence-corrected chi connectivity index (χ3v) is 7.41. The van der Waals surface area contributed by atoms with Crippen LogP contribution in [-0.4, -0.2) is 44.4 Å². The number of carbonyl (C=O) groups is 1. The Morgan fingerprint density at radius 1 is 1.09 bits per heavy atom. The van der Waals surface area contributed by atoms with E-state index in [1.165, 1.54) is 17.7 Å². The summed E-state index contributed by atoms with van der Waals surface area (Å²) in [5, 5.41) is 3.07. The fourth-order valence-electron chi connectivity index (χ4n) is 3.97. The maximum Gasteiger partial charge on any atom is 0.261 e. The van der Waals surface area contributed by atoms with E-state index in [4.69, 9.17) is 0 Å². The number of hydrogen-bond donors (Lipinski definition) is 2. The zero-order valence-electron chi connectivity index (χ0n) is 19.3. The molecule has 1 fully saturated rings. The Balaban J connectivity index is 1.63. The Bertz CT molecular complexity index is 995. The van der Waals surface area contributed by atoms with Crippen molar-refractivity contribution in [3.8, 4) is 0 Å². The van der Waals surface area contributed by atoms with Crippen molar-refractivity contribution >= 4 is 21.6 Å². The molecule has 1 aliphatic rings. The fourth-order valence-corrected chi connectivity index (χ4v) is 5.07. The molecule has 1 amide bonds. The molecule has 3 rings (SSSR count). The number of sulfonamides is 1. The third-order valence-electron chi connectivity index (χ3n) is 6.03. The van der Waals surface area contributed by atoms with E-state index >= 15 is 0 Å². The first kappa shape index (κ1) is 24.3. The summed E-state index contributed by atoms with van der Waals surface area (Å²) in [7, 11) is -3.79. The number of piperidine rings is 1. The number of likely N-dealkylation sites (tertiary alicyclic amines) is 1. The summed E-state index contributed by atoms with van der Waals surface area (Å²) < 4.78 is 28.4. The summed E-state index contributed by atoms with van der Waals surface area (Å²) in [5.41, 5.74) is 2.05. The Labute approximate surface area is 192 Å². The SMILES string of the molecule is CCCCc1ccc(NS(=O)(=O)c2cccc(C(=O)NC3CCN(C(C)C)CC3)c2)cc1. The largest absolute Gasteiger partial charge is 0.349 e. The standard InChI is InChI=1S/C25H35N3O3S/c1-4-5-7-20-10-12-23(13-11-20)27-32(30,31)24-9-6-8-21(18-24)25(29)26-22-14-16-28(17-15-22)19(2)3/h6,8-13,18-19,22,27H,4-5,7,14-17H2,1-3H3,(H,26,29). The number of benzene rings is 2. The maximum atomic E-state index is 12.9. The van der Waals surface area contributed by atoms with Crippen molar-refractivity contribution in [1.82, 2.24) is 10.2 Å². The number of nitrogens with zero attached hydrogens (tertiary/aromatic N) is 1. The van der Waals surface area contributed by atoms with Gasteiger partial charge in [-0.2, -0.15) is 0 Å². The van der Waals surface area contributed by atoms with Gasteiger partial charge < -0.3 is 10.2 Å². The minimum Gasteiger partial charge on any atom is -0.349 e. The molecule has 7 heteroatoms. The molecule has 2 N–H and O–H groups in total. The van der Waals surface area contributed by atoms with Gasteiger partial charge in [0.2, 0.25) is 0 Å². The van der Waals surface area contributed by atoms with Gasteiger partial charge in [-0.25, -0.2) is 8.42 Å². The highest BCUT2D eigenvalue weighted by molar-refractivity contribution is 7.92. The minimum atomic E-state index is -3.79. The molecule has 174 valence electrons. The Hall–Kier alpha value is -2.38. The van der Waals surface area contributed by atoms with Gasteiger partial charge in [0, 0.05) is 36.4 Å². The smallest absolute Gasteiger partial charge is 0.261 e. The van der Waals surface area contributed by atoms with E-state index in [0.29, 0.717) is 17.3 Å². The summed E-state index contributed by atoms with van der Waals surface area (Å²) in [6.07, 6.45) is 5.01. The first-order chi connectivity index (χ1) is 15.3. The first-order valence-corrected chi connectivity index (χ1v) is 13.0. The van der Waals surface area contributed by atoms with E-state index in [0.717, 1.165) is 45.2 Å². The highest BCUT2D eigenvalue weighted by Crippen LogP contribution is 2.19. The van der Waals surface area contributed by atoms with Crippen molar-refractivity contribution in [3.63, 3.8) is 0 Å². The van der Waals surface area contributed by atoms with E-state index in [2.05, 4.69) is 35.7 Å². The molecule has 6 nitrogen and oxygen atoms in total. The van der Waals surface area contributed by atoms with Gasteiger partial charge in [-0.1, -0.05) is 31.5 Å². The number of nitrogens with one attached hydrogen (secondary N) is 2. The molecule has 1 heterocycles. The van der Waals surface area contributed by atoms with Crippen molar-refractivity contribution in [2.75, 3.05) is 17.8 Å². The lowest BCUT2D eigenvalue weighted by Crippen LogP contribution is -2.46. The lowest BCUT2D eigenvalue weighted by Gasteiger charge is -2.34. The van der Waals surface area contributed by atoms with Gasteiger partial charge in [0.05, 0.1) is 4.90 Å². The van der Waals surface area contributed by atoms with Gasteiger partial charge in [0.25, 0.3) is 15.9 Å². The molecule has 0 aliphatic carbocycles. The number of hydrogen-bond acceptors (Lipinski definition) is 4. The summed E-state index contributed by atoms with van der Waals surface area (Å²) in [5.74, 6) is -0.231. The average Bonchev–Trinajstić information content (AvgIpc) is 2.79. The van der Waals surface area contributed by atoms with Crippen LogP contribution in [0, 0.1) is 0 Å². The van der Waals surface area contributed by atoms with Crippen LogP contribution in [0.3, 0.4) is 0 Å². The van der Waals surface area contributed by atoms with Crippen LogP contribution < -0.4 is 10.0 Å². The molecule has 0 bridgehead atoms. The van der Waals surface area contributed by atoms with Crippen molar-refractivity contribution in [1.29, 1.82) is 0 Å². The van der Waals surface area contributed by atoms with E-state index in [-0.39, 0.29) is 16.8 Å². The second-order valence-electron chi connectivity index (χ2n) is 8.81. The van der Waals surface area contributed by atoms with Gasteiger partial charge in [-0.15, -0.1) is 0 Å². The second kappa shape index (κ2) is 11.0. The van der Waals surface area contributed by atoms with Crippen molar-refractivity contribution in [2.45, 2.75) is 69.9 Å². The fraction of sp³-hybridized carbons (Fsp3) is 0.480. The molecule has 0 spiro atoms. The van der Waals surface area contributed by atoms with Gasteiger partial charge in [0.1, 0.15) is 0 Å². The van der Waals surface area contributed by atoms with Gasteiger partial charge >= 0.3 is 0 Å². The normalized spacial score (nSPS) is 15.6. The van der Waals surface area contributed by atoms with Crippen LogP contribution in [0.15, 0.2) is 53.4 Å². The van der Waals surface area contributed by atoms with Crippen LogP contribution in [0.2, 0.25) is 0 Å². The molecule has 0 saturated carbocycles. The zero-order valence-corrected chi connectivity index (χ0v) is 20.1. The number of anilines is 1. The summed E-state index contributed by atoms with van der Waals surface area (Å²) >= 11 is 0. The average molecular weight is 458 g/mol. The third kappa shape index (κ3) is 6.56. The van der Waals surface area contributed by atoms with Crippen LogP contribution in [-0.2, 0) is 16.4 Å². The molecule has 0 unspecified atom stereocenters. The van der Waals surface area contributed by atoms with Crippen LogP contribution in [0.25, 0.3) is 0 Å². The monoisotopic (exact) mass is 457 g/mol. The predicted molar refractivity (Wildman–Crippen MR) is 130 cm³/mol. The van der Waals surface area contributed by atoms with Gasteiger partial charge in [-0.05, 0) is 75.4 Å². The predicted octanol–water partition coefficient (Wildman–Crippen LogP) is 4.43. The number of unbranched alkanes of at least 4 members (excludes halogenated alkanes) is 1. The summed E-state index contributed by atoms with van der Waals surface area (Å²) in [6.45, 7) is 8.42. The lowest BCUT2D eigenvalue weighted by atomic mass is 10.0. The van der Waals surface area contributed by atoms with Crippen molar-refractivity contribution in [2.24, 2.45) is 0 Å². The Kier molecular flexibility index (Phi) is 8.32. The van der Waals surface area contributed by atoms with Crippen LogP contribution in [0.1, 0.15) is 62.4 Å². The molecule has 32 heavy (non-hydrogen) atoms. The quantitative estimate of drug-likeness (QED) is 0.584. The molecular weight excluding hydrogens is 422 g/mol. The van der Waals surface area contributed by atoms with Crippen LogP contribution in [0.4, 0.5) is 5.69 Å². The van der Waals surface area contributed by atoms with E-state index in [9.17, 15) is 13.2 Å². The molecule has 2 aromatic rings. The lowest BCUT2D eigenvalue weighted by molar-refractivity contribution is 0.0900. The summed E-state index contributed by atoms with van der Waals surface area (Å²) in [6, 6.07) is 14.3. The molecule has 2 aromatic carbocycles. The maximum absolute atomic E-state index is 12.9. The molecule has 0 radical (unpaired) electrons. The van der Waals surface area contributed by atoms with Crippen LogP contribution in [0.5, 0.6) is 0 Å². The topological polar surface area (TPSA) is 78.5 Å². The van der Waals surface area contributed by atoms with E-state index < -0.39 is 10.0 Å². The summed E-state index contributed by atoms with van der Waals surface area (Å²) in [4.78, 5) is 15.2. The van der Waals surface area contributed by atoms with Gasteiger partial charge in [0.15, 0.2) is 0 Å². The molecule has 1 saturated heterocycles. The zero-order chi connectivity index (χ0) is 23.1. The van der Waals surface area contributed by atoms with E-state index in [1.54, 1.807) is 24.3 Å². The number of rotatable bonds is 9. The Morgan fingerprint density at radius 3 is 2.41 bits per heavy atom. The molecular formula is C25H35N3O3S. The molecule has 0 atom stereocenters. The Morgan fingerprint density at radius 2 is 1.78 bits per heavy atom. The first-order valence-electron chi connectivity index (χ1n) is 11.5.